The lowest BCUT2D eigenvalue weighted by atomic mass is 10.00. The Morgan fingerprint density at radius 3 is 2.38 bits per heavy atom. The first kappa shape index (κ1) is 17.9. The Kier molecular flexibility index (Phi) is 4.95. The van der Waals surface area contributed by atoms with Crippen LogP contribution in [-0.2, 0) is 6.18 Å². The Hall–Kier alpha value is -2.86. The van der Waals surface area contributed by atoms with E-state index in [1.54, 1.807) is 12.1 Å². The number of aliphatic hydroxyl groups is 1. The molecule has 0 aliphatic rings. The number of benzene rings is 3. The molecule has 2 N–H and O–H groups in total. The number of alkyl halides is 3. The van der Waals surface area contributed by atoms with Crippen molar-refractivity contribution in [2.45, 2.75) is 12.3 Å². The highest BCUT2D eigenvalue weighted by molar-refractivity contribution is 5.96. The summed E-state index contributed by atoms with van der Waals surface area (Å²) in [5, 5.41) is 14.5. The van der Waals surface area contributed by atoms with Gasteiger partial charge in [-0.15, -0.1) is 0 Å². The maximum absolute atomic E-state index is 13.0. The van der Waals surface area contributed by atoms with E-state index in [1.165, 1.54) is 12.1 Å². The molecule has 0 radical (unpaired) electrons. The van der Waals surface area contributed by atoms with Crippen LogP contribution in [0.15, 0.2) is 66.7 Å². The summed E-state index contributed by atoms with van der Waals surface area (Å²) in [7, 11) is 0. The molecule has 3 aromatic carbocycles. The van der Waals surface area contributed by atoms with Crippen molar-refractivity contribution in [3.05, 3.63) is 83.4 Å². The first-order valence-electron chi connectivity index (χ1n) is 7.98. The third-order valence-electron chi connectivity index (χ3n) is 4.12. The maximum Gasteiger partial charge on any atom is 0.417 e. The van der Waals surface area contributed by atoms with E-state index >= 15 is 0 Å². The van der Waals surface area contributed by atoms with Crippen LogP contribution in [0.4, 0.5) is 13.2 Å². The predicted molar refractivity (Wildman–Crippen MR) is 92.7 cm³/mol. The number of halogens is 3. The van der Waals surface area contributed by atoms with Gasteiger partial charge in [0.1, 0.15) is 0 Å². The molecule has 134 valence electrons. The van der Waals surface area contributed by atoms with Gasteiger partial charge in [0.15, 0.2) is 0 Å². The molecule has 0 aromatic heterocycles. The smallest absolute Gasteiger partial charge is 0.387 e. The summed E-state index contributed by atoms with van der Waals surface area (Å²) in [6, 6.07) is 17.4. The summed E-state index contributed by atoms with van der Waals surface area (Å²) in [6.07, 6.45) is -5.66. The van der Waals surface area contributed by atoms with E-state index in [4.69, 9.17) is 0 Å². The normalized spacial score (nSPS) is 12.8. The number of amides is 1. The zero-order chi connectivity index (χ0) is 18.7. The quantitative estimate of drug-likeness (QED) is 0.729. The Morgan fingerprint density at radius 2 is 1.62 bits per heavy atom. The van der Waals surface area contributed by atoms with Crippen LogP contribution in [0.1, 0.15) is 27.6 Å². The summed E-state index contributed by atoms with van der Waals surface area (Å²) in [5.41, 5.74) is -0.866. The SMILES string of the molecule is O=C(NC[C@H](O)c1cccc2ccccc12)c1ccccc1C(F)(F)F. The number of carbonyl (C=O) groups is 1. The first-order valence-corrected chi connectivity index (χ1v) is 7.98. The van der Waals surface area contributed by atoms with Gasteiger partial charge in [0.05, 0.1) is 17.2 Å². The van der Waals surface area contributed by atoms with Crippen LogP contribution in [0.2, 0.25) is 0 Å². The topological polar surface area (TPSA) is 49.3 Å². The summed E-state index contributed by atoms with van der Waals surface area (Å²) >= 11 is 0. The molecular weight excluding hydrogens is 343 g/mol. The number of rotatable bonds is 4. The van der Waals surface area contributed by atoms with Crippen LogP contribution in [0, 0.1) is 0 Å². The monoisotopic (exact) mass is 359 g/mol. The fourth-order valence-corrected chi connectivity index (χ4v) is 2.86. The van der Waals surface area contributed by atoms with Gasteiger partial charge in [-0.1, -0.05) is 54.6 Å². The number of carbonyl (C=O) groups excluding carboxylic acids is 1. The molecule has 3 aromatic rings. The third-order valence-corrected chi connectivity index (χ3v) is 4.12. The summed E-state index contributed by atoms with van der Waals surface area (Å²) in [5.74, 6) is -0.878. The van der Waals surface area contributed by atoms with Gasteiger partial charge in [0.25, 0.3) is 5.91 Å². The van der Waals surface area contributed by atoms with Crippen molar-refractivity contribution in [1.82, 2.24) is 5.32 Å². The van der Waals surface area contributed by atoms with E-state index in [-0.39, 0.29) is 6.54 Å². The molecule has 3 rings (SSSR count). The van der Waals surface area contributed by atoms with E-state index in [1.807, 2.05) is 30.3 Å². The highest BCUT2D eigenvalue weighted by Crippen LogP contribution is 2.32. The molecule has 26 heavy (non-hydrogen) atoms. The van der Waals surface area contributed by atoms with Gasteiger partial charge in [-0.05, 0) is 28.5 Å². The molecule has 0 heterocycles. The fourth-order valence-electron chi connectivity index (χ4n) is 2.86. The van der Waals surface area contributed by atoms with Crippen molar-refractivity contribution < 1.29 is 23.1 Å². The minimum atomic E-state index is -4.62. The summed E-state index contributed by atoms with van der Waals surface area (Å²) < 4.78 is 39.1. The number of nitrogens with one attached hydrogen (secondary N) is 1. The average Bonchev–Trinajstić information content (AvgIpc) is 2.64. The van der Waals surface area contributed by atoms with Crippen LogP contribution in [0.25, 0.3) is 10.8 Å². The highest BCUT2D eigenvalue weighted by Gasteiger charge is 2.34. The predicted octanol–water partition coefficient (Wildman–Crippen LogP) is 4.32. The molecule has 0 bridgehead atoms. The summed E-state index contributed by atoms with van der Waals surface area (Å²) in [4.78, 5) is 12.2. The molecule has 6 heteroatoms. The summed E-state index contributed by atoms with van der Waals surface area (Å²) in [6.45, 7) is -0.195. The molecule has 1 atom stereocenters. The van der Waals surface area contributed by atoms with E-state index in [0.29, 0.717) is 5.56 Å². The number of hydrogen-bond acceptors (Lipinski definition) is 2. The maximum atomic E-state index is 13.0. The second-order valence-corrected chi connectivity index (χ2v) is 5.84. The van der Waals surface area contributed by atoms with E-state index in [2.05, 4.69) is 5.32 Å². The van der Waals surface area contributed by atoms with Crippen LogP contribution in [0.3, 0.4) is 0 Å². The fraction of sp³-hybridized carbons (Fsp3) is 0.150. The molecule has 0 aliphatic carbocycles. The van der Waals surface area contributed by atoms with E-state index < -0.39 is 29.3 Å². The third kappa shape index (κ3) is 3.70. The molecular formula is C20H16F3NO2. The van der Waals surface area contributed by atoms with E-state index in [0.717, 1.165) is 22.9 Å². The van der Waals surface area contributed by atoms with Crippen molar-refractivity contribution in [2.75, 3.05) is 6.54 Å². The van der Waals surface area contributed by atoms with Crippen molar-refractivity contribution in [3.8, 4) is 0 Å². The van der Waals surface area contributed by atoms with Crippen molar-refractivity contribution >= 4 is 16.7 Å². The van der Waals surface area contributed by atoms with Crippen LogP contribution in [0.5, 0.6) is 0 Å². The zero-order valence-corrected chi connectivity index (χ0v) is 13.6. The standard InChI is InChI=1S/C20H16F3NO2/c21-20(22,23)17-11-4-3-9-16(17)19(26)24-12-18(25)15-10-5-7-13-6-1-2-8-14(13)15/h1-11,18,25H,12H2,(H,24,26)/t18-/m0/s1. The van der Waals surface area contributed by atoms with E-state index in [9.17, 15) is 23.1 Å². The largest absolute Gasteiger partial charge is 0.417 e. The molecule has 0 saturated carbocycles. The van der Waals surface area contributed by atoms with Gasteiger partial charge < -0.3 is 10.4 Å². The van der Waals surface area contributed by atoms with Crippen molar-refractivity contribution in [1.29, 1.82) is 0 Å². The Morgan fingerprint density at radius 1 is 0.962 bits per heavy atom. The van der Waals surface area contributed by atoms with Gasteiger partial charge in [0, 0.05) is 6.54 Å². The lowest BCUT2D eigenvalue weighted by molar-refractivity contribution is -0.137. The van der Waals surface area contributed by atoms with Crippen molar-refractivity contribution in [2.24, 2.45) is 0 Å². The van der Waals surface area contributed by atoms with Gasteiger partial charge in [0.2, 0.25) is 0 Å². The molecule has 3 nitrogen and oxygen atoms in total. The lowest BCUT2D eigenvalue weighted by Crippen LogP contribution is -2.30. The second-order valence-electron chi connectivity index (χ2n) is 5.84. The molecule has 0 saturated heterocycles. The van der Waals surface area contributed by atoms with Gasteiger partial charge >= 0.3 is 6.18 Å². The first-order chi connectivity index (χ1) is 12.4. The second kappa shape index (κ2) is 7.17. The van der Waals surface area contributed by atoms with Crippen LogP contribution < -0.4 is 5.32 Å². The highest BCUT2D eigenvalue weighted by atomic mass is 19.4. The van der Waals surface area contributed by atoms with Crippen LogP contribution in [-0.4, -0.2) is 17.6 Å². The number of fused-ring (bicyclic) bond motifs is 1. The molecule has 0 unspecified atom stereocenters. The Balaban J connectivity index is 1.78. The van der Waals surface area contributed by atoms with Gasteiger partial charge in [-0.25, -0.2) is 0 Å². The zero-order valence-electron chi connectivity index (χ0n) is 13.6. The molecule has 0 spiro atoms. The van der Waals surface area contributed by atoms with Crippen molar-refractivity contribution in [3.63, 3.8) is 0 Å². The van der Waals surface area contributed by atoms with Crippen LogP contribution >= 0.6 is 0 Å². The van der Waals surface area contributed by atoms with Gasteiger partial charge in [-0.3, -0.25) is 4.79 Å². The Bertz CT molecular complexity index is 932. The molecule has 1 amide bonds. The lowest BCUT2D eigenvalue weighted by Gasteiger charge is -2.16. The Labute approximate surface area is 148 Å². The minimum Gasteiger partial charge on any atom is -0.387 e. The number of hydrogen-bond donors (Lipinski definition) is 2. The molecule has 0 fully saturated rings. The minimum absolute atomic E-state index is 0.195. The average molecular weight is 359 g/mol. The van der Waals surface area contributed by atoms with Gasteiger partial charge in [-0.2, -0.15) is 13.2 Å². The number of aliphatic hydroxyl groups excluding tert-OH is 1. The molecule has 0 aliphatic heterocycles.